The Kier molecular flexibility index (Phi) is 5.29. The van der Waals surface area contributed by atoms with Crippen LogP contribution in [-0.2, 0) is 24.1 Å². The monoisotopic (exact) mass is 325 g/mol. The highest BCUT2D eigenvalue weighted by atomic mass is 19.1. The first-order chi connectivity index (χ1) is 11.6. The number of carbonyl (C=O) groups is 1. The van der Waals surface area contributed by atoms with E-state index in [4.69, 9.17) is 0 Å². The highest BCUT2D eigenvalue weighted by Crippen LogP contribution is 2.24. The third-order valence-electron chi connectivity index (χ3n) is 4.80. The summed E-state index contributed by atoms with van der Waals surface area (Å²) in [5.74, 6) is -0.214. The Morgan fingerprint density at radius 2 is 1.79 bits per heavy atom. The molecule has 0 saturated carbocycles. The summed E-state index contributed by atoms with van der Waals surface area (Å²) >= 11 is 0. The normalized spacial score (nSPS) is 14.8. The van der Waals surface area contributed by atoms with Gasteiger partial charge in [-0.1, -0.05) is 30.3 Å². The van der Waals surface area contributed by atoms with Crippen LogP contribution < -0.4 is 5.32 Å². The lowest BCUT2D eigenvalue weighted by Gasteiger charge is -2.20. The number of aryl methyl sites for hydroxylation is 3. The summed E-state index contributed by atoms with van der Waals surface area (Å²) in [5, 5.41) is 3.07. The van der Waals surface area contributed by atoms with Gasteiger partial charge in [-0.15, -0.1) is 0 Å². The van der Waals surface area contributed by atoms with Gasteiger partial charge in [0.25, 0.3) is 0 Å². The maximum atomic E-state index is 12.9. The first kappa shape index (κ1) is 16.7. The molecule has 0 bridgehead atoms. The molecule has 0 fully saturated rings. The number of nitrogens with one attached hydrogen (secondary N) is 1. The van der Waals surface area contributed by atoms with Gasteiger partial charge in [0.1, 0.15) is 5.82 Å². The minimum absolute atomic E-state index is 0.0120. The Morgan fingerprint density at radius 3 is 2.54 bits per heavy atom. The predicted octanol–water partition coefficient (Wildman–Crippen LogP) is 4.51. The van der Waals surface area contributed by atoms with Crippen molar-refractivity contribution in [2.24, 2.45) is 0 Å². The van der Waals surface area contributed by atoms with Gasteiger partial charge in [0.05, 0.1) is 6.04 Å². The Morgan fingerprint density at radius 1 is 1.08 bits per heavy atom. The number of hydrogen-bond donors (Lipinski definition) is 1. The average molecular weight is 325 g/mol. The lowest BCUT2D eigenvalue weighted by Crippen LogP contribution is -2.27. The van der Waals surface area contributed by atoms with Crippen molar-refractivity contribution in [2.75, 3.05) is 0 Å². The van der Waals surface area contributed by atoms with Crippen molar-refractivity contribution in [1.82, 2.24) is 5.32 Å². The smallest absolute Gasteiger partial charge is 0.220 e. The zero-order chi connectivity index (χ0) is 16.9. The Bertz CT molecular complexity index is 708. The molecule has 0 saturated heterocycles. The van der Waals surface area contributed by atoms with Crippen LogP contribution in [0, 0.1) is 5.82 Å². The second-order valence-corrected chi connectivity index (χ2v) is 6.65. The SMILES string of the molecule is C[C@H](NC(=O)CCc1ccc(F)cc1)c1ccc2c(c1)CCCC2. The molecule has 0 unspecified atom stereocenters. The van der Waals surface area contributed by atoms with Crippen LogP contribution in [0.2, 0.25) is 0 Å². The molecule has 1 aliphatic rings. The molecule has 1 amide bonds. The van der Waals surface area contributed by atoms with Gasteiger partial charge in [-0.25, -0.2) is 4.39 Å². The summed E-state index contributed by atoms with van der Waals surface area (Å²) in [6.07, 6.45) is 5.91. The molecule has 0 radical (unpaired) electrons. The van der Waals surface area contributed by atoms with E-state index in [9.17, 15) is 9.18 Å². The van der Waals surface area contributed by atoms with E-state index in [-0.39, 0.29) is 17.8 Å². The van der Waals surface area contributed by atoms with E-state index in [1.54, 1.807) is 12.1 Å². The van der Waals surface area contributed by atoms with Crippen LogP contribution in [0.5, 0.6) is 0 Å². The molecular formula is C21H24FNO. The molecule has 126 valence electrons. The Labute approximate surface area is 143 Å². The molecule has 24 heavy (non-hydrogen) atoms. The van der Waals surface area contributed by atoms with E-state index in [1.807, 2.05) is 6.92 Å². The molecule has 0 aliphatic heterocycles. The van der Waals surface area contributed by atoms with E-state index in [2.05, 4.69) is 23.5 Å². The van der Waals surface area contributed by atoms with E-state index in [0.29, 0.717) is 12.8 Å². The Hall–Kier alpha value is -2.16. The zero-order valence-electron chi connectivity index (χ0n) is 14.1. The predicted molar refractivity (Wildman–Crippen MR) is 94.4 cm³/mol. The van der Waals surface area contributed by atoms with Crippen molar-refractivity contribution in [3.8, 4) is 0 Å². The number of halogens is 1. The van der Waals surface area contributed by atoms with Crippen LogP contribution in [0.1, 0.15) is 54.5 Å². The Balaban J connectivity index is 1.55. The summed E-state index contributed by atoms with van der Waals surface area (Å²) in [6, 6.07) is 12.9. The number of fused-ring (bicyclic) bond motifs is 1. The molecule has 2 aromatic rings. The van der Waals surface area contributed by atoms with Crippen LogP contribution in [0.4, 0.5) is 4.39 Å². The molecule has 0 heterocycles. The summed E-state index contributed by atoms with van der Waals surface area (Å²) in [6.45, 7) is 2.03. The number of hydrogen-bond acceptors (Lipinski definition) is 1. The second-order valence-electron chi connectivity index (χ2n) is 6.65. The van der Waals surface area contributed by atoms with Gasteiger partial charge in [0.2, 0.25) is 5.91 Å². The minimum Gasteiger partial charge on any atom is -0.350 e. The number of carbonyl (C=O) groups excluding carboxylic acids is 1. The topological polar surface area (TPSA) is 29.1 Å². The minimum atomic E-state index is -0.246. The highest BCUT2D eigenvalue weighted by molar-refractivity contribution is 5.76. The van der Waals surface area contributed by atoms with E-state index in [0.717, 1.165) is 12.0 Å². The van der Waals surface area contributed by atoms with Gasteiger partial charge in [0.15, 0.2) is 0 Å². The number of rotatable bonds is 5. The number of amides is 1. The van der Waals surface area contributed by atoms with Crippen LogP contribution in [-0.4, -0.2) is 5.91 Å². The van der Waals surface area contributed by atoms with Crippen LogP contribution in [0.15, 0.2) is 42.5 Å². The fraction of sp³-hybridized carbons (Fsp3) is 0.381. The van der Waals surface area contributed by atoms with Gasteiger partial charge in [-0.3, -0.25) is 4.79 Å². The maximum absolute atomic E-state index is 12.9. The summed E-state index contributed by atoms with van der Waals surface area (Å²) in [5.41, 5.74) is 5.05. The molecule has 1 N–H and O–H groups in total. The van der Waals surface area contributed by atoms with Gasteiger partial charge >= 0.3 is 0 Å². The fourth-order valence-corrected chi connectivity index (χ4v) is 3.33. The molecular weight excluding hydrogens is 301 g/mol. The van der Waals surface area contributed by atoms with Crippen molar-refractivity contribution in [3.05, 3.63) is 70.5 Å². The first-order valence-corrected chi connectivity index (χ1v) is 8.77. The third kappa shape index (κ3) is 4.22. The van der Waals surface area contributed by atoms with Crippen molar-refractivity contribution in [2.45, 2.75) is 51.5 Å². The molecule has 2 aromatic carbocycles. The lowest BCUT2D eigenvalue weighted by molar-refractivity contribution is -0.121. The van der Waals surface area contributed by atoms with Crippen LogP contribution in [0.3, 0.4) is 0 Å². The summed E-state index contributed by atoms with van der Waals surface area (Å²) < 4.78 is 12.9. The first-order valence-electron chi connectivity index (χ1n) is 8.77. The summed E-state index contributed by atoms with van der Waals surface area (Å²) in [7, 11) is 0. The van der Waals surface area contributed by atoms with Gasteiger partial charge in [-0.2, -0.15) is 0 Å². The van der Waals surface area contributed by atoms with Crippen molar-refractivity contribution < 1.29 is 9.18 Å². The molecule has 1 atom stereocenters. The van der Waals surface area contributed by atoms with E-state index in [1.165, 1.54) is 48.1 Å². The van der Waals surface area contributed by atoms with Crippen molar-refractivity contribution >= 4 is 5.91 Å². The largest absolute Gasteiger partial charge is 0.350 e. The number of benzene rings is 2. The zero-order valence-corrected chi connectivity index (χ0v) is 14.1. The fourth-order valence-electron chi connectivity index (χ4n) is 3.33. The molecule has 0 spiro atoms. The van der Waals surface area contributed by atoms with Gasteiger partial charge in [0, 0.05) is 6.42 Å². The maximum Gasteiger partial charge on any atom is 0.220 e. The molecule has 2 nitrogen and oxygen atoms in total. The highest BCUT2D eigenvalue weighted by Gasteiger charge is 2.14. The molecule has 0 aromatic heterocycles. The van der Waals surface area contributed by atoms with E-state index >= 15 is 0 Å². The molecule has 1 aliphatic carbocycles. The second kappa shape index (κ2) is 7.61. The van der Waals surface area contributed by atoms with E-state index < -0.39 is 0 Å². The van der Waals surface area contributed by atoms with Gasteiger partial charge in [-0.05, 0) is 73.4 Å². The third-order valence-corrected chi connectivity index (χ3v) is 4.80. The lowest BCUT2D eigenvalue weighted by atomic mass is 9.89. The van der Waals surface area contributed by atoms with Crippen LogP contribution >= 0.6 is 0 Å². The van der Waals surface area contributed by atoms with Crippen LogP contribution in [0.25, 0.3) is 0 Å². The van der Waals surface area contributed by atoms with Crippen molar-refractivity contribution in [1.29, 1.82) is 0 Å². The van der Waals surface area contributed by atoms with Crippen molar-refractivity contribution in [3.63, 3.8) is 0 Å². The molecule has 3 rings (SSSR count). The quantitative estimate of drug-likeness (QED) is 0.861. The summed E-state index contributed by atoms with van der Waals surface area (Å²) in [4.78, 5) is 12.2. The molecule has 3 heteroatoms. The average Bonchev–Trinajstić information content (AvgIpc) is 2.61. The standard InChI is InChI=1S/C21H24FNO/c1-15(18-10-9-17-4-2-3-5-19(17)14-18)23-21(24)13-8-16-6-11-20(22)12-7-16/h6-7,9-12,14-15H,2-5,8,13H2,1H3,(H,23,24)/t15-/m0/s1. The van der Waals surface area contributed by atoms with Gasteiger partial charge < -0.3 is 5.32 Å².